The highest BCUT2D eigenvalue weighted by Crippen LogP contribution is 2.16. The van der Waals surface area contributed by atoms with Gasteiger partial charge in [0.1, 0.15) is 0 Å². The quantitative estimate of drug-likeness (QED) is 0.779. The molecule has 0 bridgehead atoms. The molecule has 0 spiro atoms. The Kier molecular flexibility index (Phi) is 6.31. The van der Waals surface area contributed by atoms with Crippen LogP contribution in [0.1, 0.15) is 25.1 Å². The van der Waals surface area contributed by atoms with Crippen LogP contribution < -0.4 is 10.9 Å². The molecule has 0 saturated carbocycles. The van der Waals surface area contributed by atoms with E-state index in [1.807, 2.05) is 0 Å². The number of hydrogen-bond acceptors (Lipinski definition) is 5. The Morgan fingerprint density at radius 3 is 2.42 bits per heavy atom. The van der Waals surface area contributed by atoms with Gasteiger partial charge < -0.3 is 5.32 Å². The molecule has 1 aromatic carbocycles. The molecule has 0 unspecified atom stereocenters. The number of nitrogens with zero attached hydrogens (tertiary/aromatic N) is 2. The molecular weight excluding hydrogens is 354 g/mol. The Balaban J connectivity index is 1.90. The van der Waals surface area contributed by atoms with E-state index in [0.717, 1.165) is 11.3 Å². The van der Waals surface area contributed by atoms with Gasteiger partial charge in [-0.2, -0.15) is 5.10 Å². The summed E-state index contributed by atoms with van der Waals surface area (Å²) in [6.45, 7) is 5.63. The van der Waals surface area contributed by atoms with Gasteiger partial charge in [-0.1, -0.05) is 12.1 Å². The van der Waals surface area contributed by atoms with Gasteiger partial charge in [0.05, 0.1) is 28.8 Å². The van der Waals surface area contributed by atoms with Crippen LogP contribution in [0.2, 0.25) is 0 Å². The normalized spacial score (nSPS) is 11.5. The predicted molar refractivity (Wildman–Crippen MR) is 98.7 cm³/mol. The maximum absolute atomic E-state index is 12.1. The van der Waals surface area contributed by atoms with Crippen molar-refractivity contribution in [3.63, 3.8) is 0 Å². The largest absolute Gasteiger partial charge is 0.354 e. The second kappa shape index (κ2) is 8.27. The second-order valence-electron chi connectivity index (χ2n) is 6.30. The first-order valence-electron chi connectivity index (χ1n) is 8.34. The summed E-state index contributed by atoms with van der Waals surface area (Å²) < 4.78 is 25.5. The van der Waals surface area contributed by atoms with Gasteiger partial charge in [-0.15, -0.1) is 0 Å². The molecular formula is C18H23N3O4S. The summed E-state index contributed by atoms with van der Waals surface area (Å²) in [6, 6.07) is 9.41. The fraction of sp³-hybridized carbons (Fsp3) is 0.389. The monoisotopic (exact) mass is 377 g/mol. The highest BCUT2D eigenvalue weighted by Gasteiger charge is 2.18. The Morgan fingerprint density at radius 1 is 1.15 bits per heavy atom. The number of hydrogen-bond donors (Lipinski definition) is 1. The van der Waals surface area contributed by atoms with Crippen LogP contribution in [0.4, 0.5) is 0 Å². The average Bonchev–Trinajstić information content (AvgIpc) is 2.58. The molecule has 0 saturated heterocycles. The summed E-state index contributed by atoms with van der Waals surface area (Å²) in [5.74, 6) is -0.204. The first-order valence-corrected chi connectivity index (χ1v) is 9.89. The van der Waals surface area contributed by atoms with Crippen molar-refractivity contribution in [2.75, 3.05) is 6.54 Å². The number of carbonyl (C=O) groups excluding carboxylic acids is 1. The van der Waals surface area contributed by atoms with Gasteiger partial charge in [0, 0.05) is 12.6 Å². The van der Waals surface area contributed by atoms with Crippen molar-refractivity contribution in [3.05, 3.63) is 58.0 Å². The molecule has 26 heavy (non-hydrogen) atoms. The first kappa shape index (κ1) is 19.8. The molecule has 8 heteroatoms. The Labute approximate surface area is 153 Å². The maximum atomic E-state index is 12.1. The zero-order valence-corrected chi connectivity index (χ0v) is 15.9. The number of aromatic nitrogens is 2. The molecule has 140 valence electrons. The summed E-state index contributed by atoms with van der Waals surface area (Å²) in [4.78, 5) is 23.9. The van der Waals surface area contributed by atoms with E-state index >= 15 is 0 Å². The zero-order chi connectivity index (χ0) is 19.3. The average molecular weight is 377 g/mol. The van der Waals surface area contributed by atoms with Crippen LogP contribution in [0, 0.1) is 6.92 Å². The number of carbonyl (C=O) groups is 1. The van der Waals surface area contributed by atoms with Gasteiger partial charge in [-0.05, 0) is 44.5 Å². The second-order valence-corrected chi connectivity index (χ2v) is 8.80. The van der Waals surface area contributed by atoms with Gasteiger partial charge in [-0.25, -0.2) is 13.1 Å². The lowest BCUT2D eigenvalue weighted by Gasteiger charge is -2.09. The van der Waals surface area contributed by atoms with Crippen LogP contribution >= 0.6 is 0 Å². The third kappa shape index (κ3) is 5.01. The molecule has 0 aliphatic rings. The lowest BCUT2D eigenvalue weighted by atomic mass is 10.1. The third-order valence-electron chi connectivity index (χ3n) is 3.88. The number of aryl methyl sites for hydroxylation is 1. The van der Waals surface area contributed by atoms with E-state index in [1.54, 1.807) is 39.0 Å². The minimum Gasteiger partial charge on any atom is -0.354 e. The van der Waals surface area contributed by atoms with Crippen molar-refractivity contribution in [2.24, 2.45) is 0 Å². The van der Waals surface area contributed by atoms with E-state index in [-0.39, 0.29) is 35.9 Å². The molecule has 1 amide bonds. The molecule has 0 aliphatic carbocycles. The van der Waals surface area contributed by atoms with Crippen molar-refractivity contribution in [3.8, 4) is 0 Å². The third-order valence-corrected chi connectivity index (χ3v) is 6.05. The van der Waals surface area contributed by atoms with Crippen LogP contribution in [-0.2, 0) is 27.6 Å². The number of amides is 1. The smallest absolute Gasteiger partial charge is 0.266 e. The van der Waals surface area contributed by atoms with Crippen LogP contribution in [0.5, 0.6) is 0 Å². The SMILES string of the molecule is Cc1ccc(=O)n(CCNC(=O)Cc2ccc(S(=O)(=O)C(C)C)cc2)n1. The molecule has 7 nitrogen and oxygen atoms in total. The molecule has 0 aliphatic heterocycles. The van der Waals surface area contributed by atoms with Crippen LogP contribution in [0.15, 0.2) is 46.1 Å². The fourth-order valence-corrected chi connectivity index (χ4v) is 3.39. The number of rotatable bonds is 7. The van der Waals surface area contributed by atoms with Crippen molar-refractivity contribution in [2.45, 2.75) is 43.9 Å². The van der Waals surface area contributed by atoms with E-state index in [4.69, 9.17) is 0 Å². The number of benzene rings is 1. The van der Waals surface area contributed by atoms with Crippen molar-refractivity contribution < 1.29 is 13.2 Å². The van der Waals surface area contributed by atoms with Crippen LogP contribution in [0.25, 0.3) is 0 Å². The predicted octanol–water partition coefficient (Wildman–Crippen LogP) is 1.09. The standard InChI is InChI=1S/C18H23N3O4S/c1-13(2)26(24,25)16-7-5-15(6-8-16)12-17(22)19-10-11-21-18(23)9-4-14(3)20-21/h4-9,13H,10-12H2,1-3H3,(H,19,22). The van der Waals surface area contributed by atoms with Gasteiger partial charge in [0.2, 0.25) is 5.91 Å². The van der Waals surface area contributed by atoms with E-state index in [1.165, 1.54) is 22.9 Å². The number of sulfone groups is 1. The summed E-state index contributed by atoms with van der Waals surface area (Å²) >= 11 is 0. The van der Waals surface area contributed by atoms with E-state index < -0.39 is 15.1 Å². The van der Waals surface area contributed by atoms with Crippen molar-refractivity contribution >= 4 is 15.7 Å². The molecule has 1 aromatic heterocycles. The van der Waals surface area contributed by atoms with E-state index in [2.05, 4.69) is 10.4 Å². The van der Waals surface area contributed by atoms with Crippen LogP contribution in [0.3, 0.4) is 0 Å². The van der Waals surface area contributed by atoms with Crippen molar-refractivity contribution in [1.82, 2.24) is 15.1 Å². The minimum absolute atomic E-state index is 0.137. The van der Waals surface area contributed by atoms with Gasteiger partial charge in [0.15, 0.2) is 9.84 Å². The van der Waals surface area contributed by atoms with Gasteiger partial charge >= 0.3 is 0 Å². The minimum atomic E-state index is -3.31. The van der Waals surface area contributed by atoms with E-state index in [0.29, 0.717) is 0 Å². The van der Waals surface area contributed by atoms with Gasteiger partial charge in [-0.3, -0.25) is 9.59 Å². The van der Waals surface area contributed by atoms with Crippen LogP contribution in [-0.4, -0.2) is 35.9 Å². The Morgan fingerprint density at radius 2 is 1.81 bits per heavy atom. The summed E-state index contributed by atoms with van der Waals surface area (Å²) in [5, 5.41) is 6.34. The Bertz CT molecular complexity index is 932. The summed E-state index contributed by atoms with van der Waals surface area (Å²) in [6.07, 6.45) is 0.137. The summed E-state index contributed by atoms with van der Waals surface area (Å²) in [7, 11) is -3.31. The highest BCUT2D eigenvalue weighted by atomic mass is 32.2. The topological polar surface area (TPSA) is 98.1 Å². The fourth-order valence-electron chi connectivity index (χ4n) is 2.33. The molecule has 1 heterocycles. The Hall–Kier alpha value is -2.48. The maximum Gasteiger partial charge on any atom is 0.266 e. The number of nitrogens with one attached hydrogen (secondary N) is 1. The molecule has 1 N–H and O–H groups in total. The molecule has 2 rings (SSSR count). The lowest BCUT2D eigenvalue weighted by molar-refractivity contribution is -0.120. The van der Waals surface area contributed by atoms with Crippen molar-refractivity contribution in [1.29, 1.82) is 0 Å². The van der Waals surface area contributed by atoms with E-state index in [9.17, 15) is 18.0 Å². The van der Waals surface area contributed by atoms with Gasteiger partial charge in [0.25, 0.3) is 5.56 Å². The molecule has 0 atom stereocenters. The molecule has 2 aromatic rings. The molecule has 0 radical (unpaired) electrons. The zero-order valence-electron chi connectivity index (χ0n) is 15.1. The summed E-state index contributed by atoms with van der Waals surface area (Å²) in [5.41, 5.74) is 1.23. The first-order chi connectivity index (χ1) is 12.2. The highest BCUT2D eigenvalue weighted by molar-refractivity contribution is 7.92. The lowest BCUT2D eigenvalue weighted by Crippen LogP contribution is -2.32. The molecule has 0 fully saturated rings.